The van der Waals surface area contributed by atoms with E-state index in [-0.39, 0.29) is 11.5 Å². The van der Waals surface area contributed by atoms with Gasteiger partial charge in [0.2, 0.25) is 0 Å². The van der Waals surface area contributed by atoms with Crippen molar-refractivity contribution in [3.63, 3.8) is 0 Å². The zero-order valence-electron chi connectivity index (χ0n) is 13.1. The van der Waals surface area contributed by atoms with Crippen LogP contribution in [0.5, 0.6) is 5.75 Å². The van der Waals surface area contributed by atoms with Gasteiger partial charge in [0.05, 0.1) is 6.10 Å². The summed E-state index contributed by atoms with van der Waals surface area (Å²) >= 11 is 0. The molecule has 4 fully saturated rings. The highest BCUT2D eigenvalue weighted by Crippen LogP contribution is 2.90. The molecule has 0 heterocycles. The maximum atomic E-state index is 10.9. The second-order valence-electron chi connectivity index (χ2n) is 9.05. The first-order chi connectivity index (χ1) is 10.6. The van der Waals surface area contributed by atoms with Gasteiger partial charge in [-0.3, -0.25) is 0 Å². The Balaban J connectivity index is 1.48. The molecule has 2 heteroatoms. The summed E-state index contributed by atoms with van der Waals surface area (Å²) in [4.78, 5) is 0. The van der Waals surface area contributed by atoms with Crippen LogP contribution in [0.1, 0.15) is 49.7 Å². The van der Waals surface area contributed by atoms with Crippen molar-refractivity contribution in [2.24, 2.45) is 34.5 Å². The third-order valence-corrected chi connectivity index (χ3v) is 8.85. The van der Waals surface area contributed by atoms with Crippen LogP contribution in [0.25, 0.3) is 0 Å². The van der Waals surface area contributed by atoms with Crippen molar-refractivity contribution in [2.75, 3.05) is 0 Å². The number of phenols is 1. The Morgan fingerprint density at radius 2 is 2.09 bits per heavy atom. The summed E-state index contributed by atoms with van der Waals surface area (Å²) < 4.78 is 0. The molecule has 0 aromatic heterocycles. The molecule has 5 aliphatic rings. The number of hydrogen-bond acceptors (Lipinski definition) is 2. The SMILES string of the molecule is C[C@]12CCC3c4ccc(O)cc4CCC3C13C[C@@H]1C(C13)C2O. The molecule has 2 nitrogen and oxygen atoms in total. The smallest absolute Gasteiger partial charge is 0.115 e. The number of aliphatic hydroxyl groups excluding tert-OH is 1. The van der Waals surface area contributed by atoms with Gasteiger partial charge in [-0.1, -0.05) is 13.0 Å². The van der Waals surface area contributed by atoms with Gasteiger partial charge in [0, 0.05) is 5.41 Å². The Hall–Kier alpha value is -1.02. The first-order valence-electron chi connectivity index (χ1n) is 9.08. The van der Waals surface area contributed by atoms with E-state index in [1.807, 2.05) is 12.1 Å². The van der Waals surface area contributed by atoms with Crippen LogP contribution in [0.4, 0.5) is 0 Å². The molecular weight excluding hydrogens is 272 g/mol. The zero-order valence-corrected chi connectivity index (χ0v) is 13.1. The number of aryl methyl sites for hydroxylation is 1. The summed E-state index contributed by atoms with van der Waals surface area (Å²) in [7, 11) is 0. The Bertz CT molecular complexity index is 697. The molecule has 4 saturated carbocycles. The molecule has 116 valence electrons. The molecule has 2 N–H and O–H groups in total. The first kappa shape index (κ1) is 12.4. The summed E-state index contributed by atoms with van der Waals surface area (Å²) in [6, 6.07) is 6.05. The summed E-state index contributed by atoms with van der Waals surface area (Å²) in [6.07, 6.45) is 6.15. The van der Waals surface area contributed by atoms with E-state index in [0.29, 0.717) is 23.0 Å². The van der Waals surface area contributed by atoms with E-state index in [2.05, 4.69) is 13.0 Å². The summed E-state index contributed by atoms with van der Waals surface area (Å²) in [5, 5.41) is 20.7. The fourth-order valence-electron chi connectivity index (χ4n) is 8.03. The summed E-state index contributed by atoms with van der Waals surface area (Å²) in [6.45, 7) is 2.41. The van der Waals surface area contributed by atoms with E-state index >= 15 is 0 Å². The Labute approximate surface area is 131 Å². The van der Waals surface area contributed by atoms with E-state index in [9.17, 15) is 10.2 Å². The Kier molecular flexibility index (Phi) is 1.92. The fourth-order valence-corrected chi connectivity index (χ4v) is 8.03. The second-order valence-corrected chi connectivity index (χ2v) is 9.05. The molecule has 6 unspecified atom stereocenters. The van der Waals surface area contributed by atoms with Crippen LogP contribution < -0.4 is 0 Å². The molecule has 0 amide bonds. The maximum absolute atomic E-state index is 10.9. The van der Waals surface area contributed by atoms with Gasteiger partial charge in [-0.2, -0.15) is 0 Å². The predicted octanol–water partition coefficient (Wildman–Crippen LogP) is 3.47. The highest BCUT2D eigenvalue weighted by molar-refractivity contribution is 5.43. The van der Waals surface area contributed by atoms with E-state index in [4.69, 9.17) is 0 Å². The highest BCUT2D eigenvalue weighted by Gasteiger charge is 2.87. The van der Waals surface area contributed by atoms with Crippen molar-refractivity contribution < 1.29 is 10.2 Å². The largest absolute Gasteiger partial charge is 0.508 e. The van der Waals surface area contributed by atoms with Crippen molar-refractivity contribution in [2.45, 2.75) is 51.0 Å². The van der Waals surface area contributed by atoms with Gasteiger partial charge in [0.15, 0.2) is 0 Å². The van der Waals surface area contributed by atoms with Gasteiger partial charge in [-0.15, -0.1) is 0 Å². The lowest BCUT2D eigenvalue weighted by Crippen LogP contribution is -2.60. The van der Waals surface area contributed by atoms with E-state index < -0.39 is 0 Å². The average molecular weight is 296 g/mol. The van der Waals surface area contributed by atoms with Gasteiger partial charge in [-0.25, -0.2) is 0 Å². The number of fused-ring (bicyclic) bond motifs is 4. The number of phenolic OH excluding ortho intramolecular Hbond substituents is 1. The number of rotatable bonds is 0. The van der Waals surface area contributed by atoms with Gasteiger partial charge in [0.1, 0.15) is 5.75 Å². The number of benzene rings is 1. The first-order valence-corrected chi connectivity index (χ1v) is 9.08. The van der Waals surface area contributed by atoms with Crippen molar-refractivity contribution in [1.82, 2.24) is 0 Å². The van der Waals surface area contributed by atoms with Gasteiger partial charge in [-0.05, 0) is 90.4 Å². The normalized spacial score (nSPS) is 56.3. The molecule has 1 aromatic rings. The van der Waals surface area contributed by atoms with Crippen LogP contribution >= 0.6 is 0 Å². The Morgan fingerprint density at radius 1 is 1.23 bits per heavy atom. The minimum absolute atomic E-state index is 0.0292. The Morgan fingerprint density at radius 3 is 2.95 bits per heavy atom. The predicted molar refractivity (Wildman–Crippen MR) is 83.5 cm³/mol. The summed E-state index contributed by atoms with van der Waals surface area (Å²) in [5.74, 6) is 4.21. The standard InChI is InChI=1S/C20H24O2/c1-19-7-6-13-12-4-3-11(21)8-10(12)2-5-15(13)20(19)9-14-16(17(14)20)18(19)22/h3-4,8,13-18,21-22H,2,5-7,9H2,1H3/t13?,14-,15?,16?,17?,18?,19-,20?/m1/s1. The third kappa shape index (κ3) is 1.04. The molecule has 22 heavy (non-hydrogen) atoms. The van der Waals surface area contributed by atoms with Crippen molar-refractivity contribution >= 4 is 0 Å². The van der Waals surface area contributed by atoms with Crippen LogP contribution in [-0.2, 0) is 6.42 Å². The molecule has 0 radical (unpaired) electrons. The number of aliphatic hydroxyl groups is 1. The molecule has 6 rings (SSSR count). The third-order valence-electron chi connectivity index (χ3n) is 8.85. The minimum Gasteiger partial charge on any atom is -0.508 e. The van der Waals surface area contributed by atoms with E-state index in [0.717, 1.165) is 24.2 Å². The molecule has 1 spiro atoms. The topological polar surface area (TPSA) is 40.5 Å². The number of aromatic hydroxyl groups is 1. The second kappa shape index (κ2) is 3.40. The van der Waals surface area contributed by atoms with E-state index in [1.165, 1.54) is 36.8 Å². The number of hydrogen-bond donors (Lipinski definition) is 2. The van der Waals surface area contributed by atoms with Crippen LogP contribution in [0, 0.1) is 34.5 Å². The van der Waals surface area contributed by atoms with Crippen LogP contribution in [0.15, 0.2) is 18.2 Å². The molecule has 5 aliphatic carbocycles. The molecular formula is C20H24O2. The van der Waals surface area contributed by atoms with Crippen molar-refractivity contribution in [3.05, 3.63) is 29.3 Å². The molecule has 1 aromatic carbocycles. The maximum Gasteiger partial charge on any atom is 0.115 e. The van der Waals surface area contributed by atoms with Gasteiger partial charge < -0.3 is 10.2 Å². The van der Waals surface area contributed by atoms with Crippen molar-refractivity contribution in [1.29, 1.82) is 0 Å². The molecule has 8 atom stereocenters. The molecule has 0 saturated heterocycles. The van der Waals surface area contributed by atoms with Crippen molar-refractivity contribution in [3.8, 4) is 5.75 Å². The molecule has 0 aliphatic heterocycles. The summed E-state index contributed by atoms with van der Waals surface area (Å²) in [5.41, 5.74) is 3.52. The van der Waals surface area contributed by atoms with Gasteiger partial charge in [0.25, 0.3) is 0 Å². The van der Waals surface area contributed by atoms with Crippen LogP contribution in [-0.4, -0.2) is 16.3 Å². The lowest BCUT2D eigenvalue weighted by atomic mass is 9.40. The molecule has 0 bridgehead atoms. The van der Waals surface area contributed by atoms with Crippen LogP contribution in [0.2, 0.25) is 0 Å². The van der Waals surface area contributed by atoms with Crippen LogP contribution in [0.3, 0.4) is 0 Å². The lowest BCUT2D eigenvalue weighted by Gasteiger charge is -2.65. The monoisotopic (exact) mass is 296 g/mol. The highest BCUT2D eigenvalue weighted by atomic mass is 16.3. The fraction of sp³-hybridized carbons (Fsp3) is 0.700. The van der Waals surface area contributed by atoms with Gasteiger partial charge >= 0.3 is 0 Å². The average Bonchev–Trinajstić information content (AvgIpc) is 3.06. The quantitative estimate of drug-likeness (QED) is 0.769. The minimum atomic E-state index is -0.0292. The zero-order chi connectivity index (χ0) is 14.9. The van der Waals surface area contributed by atoms with E-state index in [1.54, 1.807) is 0 Å². The lowest BCUT2D eigenvalue weighted by molar-refractivity contribution is -0.176.